The van der Waals surface area contributed by atoms with Crippen molar-refractivity contribution in [1.29, 1.82) is 0 Å². The standard InChI is InChI=1S/C9H16N2O/c1-9(2,3)12-6-8-5-10-7-11(8)4/h5,7H,6H2,1-4H3. The van der Waals surface area contributed by atoms with Crippen LogP contribution in [0.25, 0.3) is 0 Å². The molecule has 0 spiro atoms. The molecule has 1 aromatic rings. The van der Waals surface area contributed by atoms with Crippen molar-refractivity contribution in [2.75, 3.05) is 0 Å². The van der Waals surface area contributed by atoms with Gasteiger partial charge in [0.15, 0.2) is 0 Å². The van der Waals surface area contributed by atoms with Crippen LogP contribution in [0.3, 0.4) is 0 Å². The van der Waals surface area contributed by atoms with Crippen molar-refractivity contribution < 1.29 is 4.74 Å². The monoisotopic (exact) mass is 168 g/mol. The number of aryl methyl sites for hydroxylation is 1. The van der Waals surface area contributed by atoms with Crippen LogP contribution in [0.1, 0.15) is 26.5 Å². The molecule has 1 heterocycles. The van der Waals surface area contributed by atoms with Gasteiger partial charge < -0.3 is 9.30 Å². The van der Waals surface area contributed by atoms with Crippen molar-refractivity contribution in [3.63, 3.8) is 0 Å². The highest BCUT2D eigenvalue weighted by atomic mass is 16.5. The summed E-state index contributed by atoms with van der Waals surface area (Å²) in [4.78, 5) is 4.01. The van der Waals surface area contributed by atoms with Crippen LogP contribution in [0.15, 0.2) is 12.5 Å². The number of hydrogen-bond acceptors (Lipinski definition) is 2. The van der Waals surface area contributed by atoms with E-state index in [1.54, 1.807) is 6.33 Å². The van der Waals surface area contributed by atoms with E-state index in [1.807, 2.05) is 38.6 Å². The highest BCUT2D eigenvalue weighted by Crippen LogP contribution is 2.10. The topological polar surface area (TPSA) is 27.1 Å². The Morgan fingerprint density at radius 2 is 2.17 bits per heavy atom. The highest BCUT2D eigenvalue weighted by molar-refractivity contribution is 4.95. The van der Waals surface area contributed by atoms with Gasteiger partial charge in [-0.3, -0.25) is 0 Å². The molecular weight excluding hydrogens is 152 g/mol. The van der Waals surface area contributed by atoms with Gasteiger partial charge in [0.1, 0.15) is 0 Å². The van der Waals surface area contributed by atoms with Crippen LogP contribution >= 0.6 is 0 Å². The maximum absolute atomic E-state index is 5.59. The second-order valence-electron chi connectivity index (χ2n) is 3.90. The predicted molar refractivity (Wildman–Crippen MR) is 47.8 cm³/mol. The van der Waals surface area contributed by atoms with E-state index in [9.17, 15) is 0 Å². The third kappa shape index (κ3) is 2.66. The van der Waals surface area contributed by atoms with Crippen molar-refractivity contribution in [2.24, 2.45) is 7.05 Å². The van der Waals surface area contributed by atoms with Crippen molar-refractivity contribution in [1.82, 2.24) is 9.55 Å². The lowest BCUT2D eigenvalue weighted by Gasteiger charge is -2.19. The number of imidazole rings is 1. The summed E-state index contributed by atoms with van der Waals surface area (Å²) < 4.78 is 7.56. The average molecular weight is 168 g/mol. The van der Waals surface area contributed by atoms with Gasteiger partial charge in [0.2, 0.25) is 0 Å². The van der Waals surface area contributed by atoms with Gasteiger partial charge in [-0.2, -0.15) is 0 Å². The maximum Gasteiger partial charge on any atom is 0.0946 e. The summed E-state index contributed by atoms with van der Waals surface area (Å²) in [6, 6.07) is 0. The third-order valence-electron chi connectivity index (χ3n) is 1.57. The minimum atomic E-state index is -0.0791. The summed E-state index contributed by atoms with van der Waals surface area (Å²) in [5, 5.41) is 0. The molecule has 0 saturated heterocycles. The Morgan fingerprint density at radius 3 is 2.58 bits per heavy atom. The Kier molecular flexibility index (Phi) is 2.52. The fourth-order valence-corrected chi connectivity index (χ4v) is 0.814. The molecule has 0 aliphatic carbocycles. The molecule has 1 aromatic heterocycles. The van der Waals surface area contributed by atoms with Crippen molar-refractivity contribution in [3.8, 4) is 0 Å². The number of hydrogen-bond donors (Lipinski definition) is 0. The molecule has 0 saturated carbocycles. The number of ether oxygens (including phenoxy) is 1. The number of nitrogens with zero attached hydrogens (tertiary/aromatic N) is 2. The normalized spacial score (nSPS) is 12.0. The molecule has 0 fully saturated rings. The van der Waals surface area contributed by atoms with Crippen molar-refractivity contribution in [3.05, 3.63) is 18.2 Å². The van der Waals surface area contributed by atoms with E-state index in [0.29, 0.717) is 6.61 Å². The van der Waals surface area contributed by atoms with Gasteiger partial charge in [0.05, 0.1) is 30.4 Å². The van der Waals surface area contributed by atoms with Gasteiger partial charge in [0, 0.05) is 7.05 Å². The summed E-state index contributed by atoms with van der Waals surface area (Å²) in [5.74, 6) is 0. The van der Waals surface area contributed by atoms with E-state index >= 15 is 0 Å². The Bertz CT molecular complexity index is 247. The van der Waals surface area contributed by atoms with Crippen LogP contribution in [0.2, 0.25) is 0 Å². The van der Waals surface area contributed by atoms with Crippen LogP contribution in [0.5, 0.6) is 0 Å². The summed E-state index contributed by atoms with van der Waals surface area (Å²) in [5.41, 5.74) is 1.02. The zero-order valence-corrected chi connectivity index (χ0v) is 8.16. The molecule has 0 aliphatic rings. The van der Waals surface area contributed by atoms with Crippen LogP contribution < -0.4 is 0 Å². The number of aromatic nitrogens is 2. The van der Waals surface area contributed by atoms with Crippen LogP contribution in [-0.2, 0) is 18.4 Å². The van der Waals surface area contributed by atoms with Gasteiger partial charge in [-0.15, -0.1) is 0 Å². The van der Waals surface area contributed by atoms with Gasteiger partial charge in [-0.05, 0) is 20.8 Å². The molecule has 0 aromatic carbocycles. The zero-order chi connectivity index (χ0) is 9.19. The molecule has 0 radical (unpaired) electrons. The molecule has 0 N–H and O–H groups in total. The SMILES string of the molecule is Cn1cncc1COC(C)(C)C. The minimum absolute atomic E-state index is 0.0791. The van der Waals surface area contributed by atoms with Gasteiger partial charge in [0.25, 0.3) is 0 Å². The first kappa shape index (κ1) is 9.26. The van der Waals surface area contributed by atoms with E-state index in [1.165, 1.54) is 0 Å². The molecular formula is C9H16N2O. The summed E-state index contributed by atoms with van der Waals surface area (Å²) in [7, 11) is 1.97. The molecule has 0 bridgehead atoms. The first-order valence-corrected chi connectivity index (χ1v) is 4.08. The second kappa shape index (κ2) is 3.27. The lowest BCUT2D eigenvalue weighted by molar-refractivity contribution is -0.0174. The number of rotatable bonds is 2. The van der Waals surface area contributed by atoms with Crippen LogP contribution in [-0.4, -0.2) is 15.2 Å². The van der Waals surface area contributed by atoms with Gasteiger partial charge in [-0.25, -0.2) is 4.98 Å². The van der Waals surface area contributed by atoms with Crippen molar-refractivity contribution in [2.45, 2.75) is 33.0 Å². The fraction of sp³-hybridized carbons (Fsp3) is 0.667. The Balaban J connectivity index is 2.49. The molecule has 3 heteroatoms. The van der Waals surface area contributed by atoms with E-state index in [-0.39, 0.29) is 5.60 Å². The summed E-state index contributed by atoms with van der Waals surface area (Å²) in [6.07, 6.45) is 3.60. The summed E-state index contributed by atoms with van der Waals surface area (Å²) >= 11 is 0. The smallest absolute Gasteiger partial charge is 0.0946 e. The van der Waals surface area contributed by atoms with E-state index in [2.05, 4.69) is 4.98 Å². The summed E-state index contributed by atoms with van der Waals surface area (Å²) in [6.45, 7) is 6.76. The predicted octanol–water partition coefficient (Wildman–Crippen LogP) is 1.74. The second-order valence-corrected chi connectivity index (χ2v) is 3.90. The Morgan fingerprint density at radius 1 is 1.50 bits per heavy atom. The van der Waals surface area contributed by atoms with E-state index in [0.717, 1.165) is 5.69 Å². The molecule has 3 nitrogen and oxygen atoms in total. The third-order valence-corrected chi connectivity index (χ3v) is 1.57. The Labute approximate surface area is 73.4 Å². The zero-order valence-electron chi connectivity index (χ0n) is 8.16. The highest BCUT2D eigenvalue weighted by Gasteiger charge is 2.10. The van der Waals surface area contributed by atoms with Crippen LogP contribution in [0.4, 0.5) is 0 Å². The maximum atomic E-state index is 5.59. The molecule has 0 atom stereocenters. The lowest BCUT2D eigenvalue weighted by Crippen LogP contribution is -2.19. The van der Waals surface area contributed by atoms with E-state index in [4.69, 9.17) is 4.74 Å². The first-order valence-electron chi connectivity index (χ1n) is 4.08. The fourth-order valence-electron chi connectivity index (χ4n) is 0.814. The quantitative estimate of drug-likeness (QED) is 0.672. The molecule has 68 valence electrons. The molecule has 0 amide bonds. The molecule has 1 rings (SSSR count). The lowest BCUT2D eigenvalue weighted by atomic mass is 10.2. The molecule has 12 heavy (non-hydrogen) atoms. The van der Waals surface area contributed by atoms with Crippen LogP contribution in [0, 0.1) is 0 Å². The Hall–Kier alpha value is -0.830. The largest absolute Gasteiger partial charge is 0.370 e. The van der Waals surface area contributed by atoms with Gasteiger partial charge in [-0.1, -0.05) is 0 Å². The van der Waals surface area contributed by atoms with Gasteiger partial charge >= 0.3 is 0 Å². The van der Waals surface area contributed by atoms with Crippen molar-refractivity contribution >= 4 is 0 Å². The molecule has 0 aliphatic heterocycles. The first-order chi connectivity index (χ1) is 5.49. The molecule has 0 unspecified atom stereocenters. The van der Waals surface area contributed by atoms with E-state index < -0.39 is 0 Å². The minimum Gasteiger partial charge on any atom is -0.370 e. The average Bonchev–Trinajstić information content (AvgIpc) is 2.29.